The third-order valence-electron chi connectivity index (χ3n) is 2.70. The van der Waals surface area contributed by atoms with Gasteiger partial charge >= 0.3 is 6.36 Å². The second-order valence-electron chi connectivity index (χ2n) is 4.90. The molecule has 1 aromatic rings. The predicted molar refractivity (Wildman–Crippen MR) is 64.5 cm³/mol. The van der Waals surface area contributed by atoms with Crippen LogP contribution < -0.4 is 10.1 Å². The summed E-state index contributed by atoms with van der Waals surface area (Å²) in [6.45, 7) is 5.66. The number of nitrogens with one attached hydrogen (secondary N) is 1. The van der Waals surface area contributed by atoms with Gasteiger partial charge in [0, 0.05) is 5.56 Å². The van der Waals surface area contributed by atoms with Crippen LogP contribution in [0.1, 0.15) is 26.3 Å². The van der Waals surface area contributed by atoms with Gasteiger partial charge in [0.25, 0.3) is 0 Å². The van der Waals surface area contributed by atoms with Gasteiger partial charge in [0.2, 0.25) is 0 Å². The quantitative estimate of drug-likeness (QED) is 0.814. The van der Waals surface area contributed by atoms with Crippen molar-refractivity contribution in [3.63, 3.8) is 0 Å². The number of allylic oxidation sites excluding steroid dienone is 1. The van der Waals surface area contributed by atoms with E-state index < -0.39 is 11.9 Å². The molecule has 0 radical (unpaired) electrons. The van der Waals surface area contributed by atoms with E-state index in [0.29, 0.717) is 5.69 Å². The van der Waals surface area contributed by atoms with Gasteiger partial charge in [-0.05, 0) is 32.4 Å². The molecule has 1 aromatic carbocycles. The lowest BCUT2D eigenvalue weighted by molar-refractivity contribution is -0.274. The fourth-order valence-corrected chi connectivity index (χ4v) is 2.18. The number of hydrogen-bond acceptors (Lipinski definition) is 2. The Morgan fingerprint density at radius 2 is 1.89 bits per heavy atom. The summed E-state index contributed by atoms with van der Waals surface area (Å²) in [4.78, 5) is 0. The van der Waals surface area contributed by atoms with E-state index in [-0.39, 0.29) is 5.75 Å². The van der Waals surface area contributed by atoms with E-state index in [9.17, 15) is 13.2 Å². The average Bonchev–Trinajstić information content (AvgIpc) is 2.15. The molecular weight excluding hydrogens is 243 g/mol. The van der Waals surface area contributed by atoms with E-state index in [1.165, 1.54) is 6.07 Å². The number of hydrogen-bond donors (Lipinski definition) is 1. The van der Waals surface area contributed by atoms with E-state index in [1.54, 1.807) is 12.1 Å². The first-order valence-corrected chi connectivity index (χ1v) is 5.55. The Kier molecular flexibility index (Phi) is 2.80. The standard InChI is InChI=1S/C13H14F3NO/c1-8-7-12(2,3)17-11-9(8)5-4-6-10(11)18-13(14,15)16/h4-7,17H,1-3H3. The summed E-state index contributed by atoms with van der Waals surface area (Å²) in [5.74, 6) is -0.194. The molecule has 0 spiro atoms. The number of ether oxygens (including phenoxy) is 1. The van der Waals surface area contributed by atoms with Gasteiger partial charge < -0.3 is 10.1 Å². The maximum absolute atomic E-state index is 12.3. The van der Waals surface area contributed by atoms with Crippen molar-refractivity contribution in [1.82, 2.24) is 0 Å². The van der Waals surface area contributed by atoms with Crippen molar-refractivity contribution in [2.24, 2.45) is 0 Å². The molecule has 0 amide bonds. The van der Waals surface area contributed by atoms with Crippen LogP contribution in [-0.4, -0.2) is 11.9 Å². The molecule has 18 heavy (non-hydrogen) atoms. The van der Waals surface area contributed by atoms with Crippen molar-refractivity contribution in [3.8, 4) is 5.75 Å². The molecule has 0 unspecified atom stereocenters. The minimum atomic E-state index is -4.68. The molecule has 2 rings (SSSR count). The van der Waals surface area contributed by atoms with Gasteiger partial charge in [0.15, 0.2) is 5.75 Å². The lowest BCUT2D eigenvalue weighted by atomic mass is 9.91. The lowest BCUT2D eigenvalue weighted by Crippen LogP contribution is -2.32. The highest BCUT2D eigenvalue weighted by atomic mass is 19.4. The van der Waals surface area contributed by atoms with Gasteiger partial charge in [0.05, 0.1) is 11.2 Å². The van der Waals surface area contributed by atoms with E-state index in [2.05, 4.69) is 10.1 Å². The van der Waals surface area contributed by atoms with E-state index >= 15 is 0 Å². The Balaban J connectivity index is 2.49. The zero-order valence-electron chi connectivity index (χ0n) is 10.4. The van der Waals surface area contributed by atoms with Gasteiger partial charge in [-0.3, -0.25) is 0 Å². The van der Waals surface area contributed by atoms with Crippen LogP contribution >= 0.6 is 0 Å². The summed E-state index contributed by atoms with van der Waals surface area (Å²) in [5, 5.41) is 3.06. The molecule has 0 bridgehead atoms. The number of fused-ring (bicyclic) bond motifs is 1. The van der Waals surface area contributed by atoms with Gasteiger partial charge in [-0.15, -0.1) is 13.2 Å². The number of benzene rings is 1. The van der Waals surface area contributed by atoms with E-state index in [0.717, 1.165) is 11.1 Å². The van der Waals surface area contributed by atoms with Gasteiger partial charge in [-0.1, -0.05) is 18.2 Å². The molecular formula is C13H14F3NO. The molecule has 1 heterocycles. The summed E-state index contributed by atoms with van der Waals surface area (Å²) in [6, 6.07) is 4.64. The fourth-order valence-electron chi connectivity index (χ4n) is 2.18. The topological polar surface area (TPSA) is 21.3 Å². The van der Waals surface area contributed by atoms with Crippen molar-refractivity contribution in [2.75, 3.05) is 5.32 Å². The smallest absolute Gasteiger partial charge is 0.404 e. The van der Waals surface area contributed by atoms with Crippen LogP contribution in [0.25, 0.3) is 5.57 Å². The highest BCUT2D eigenvalue weighted by molar-refractivity contribution is 5.83. The van der Waals surface area contributed by atoms with Gasteiger partial charge in [0.1, 0.15) is 0 Å². The Hall–Kier alpha value is -1.65. The number of rotatable bonds is 1. The minimum absolute atomic E-state index is 0.194. The van der Waals surface area contributed by atoms with Crippen LogP contribution in [0.4, 0.5) is 18.9 Å². The van der Waals surface area contributed by atoms with Crippen molar-refractivity contribution in [1.29, 1.82) is 0 Å². The van der Waals surface area contributed by atoms with Crippen LogP contribution in [0, 0.1) is 0 Å². The molecule has 0 atom stereocenters. The maximum Gasteiger partial charge on any atom is 0.573 e. The van der Waals surface area contributed by atoms with Crippen molar-refractivity contribution >= 4 is 11.3 Å². The molecule has 0 aromatic heterocycles. The van der Waals surface area contributed by atoms with E-state index in [1.807, 2.05) is 26.8 Å². The molecule has 2 nitrogen and oxygen atoms in total. The Bertz CT molecular complexity index is 503. The average molecular weight is 257 g/mol. The van der Waals surface area contributed by atoms with Crippen LogP contribution in [-0.2, 0) is 0 Å². The molecule has 98 valence electrons. The van der Waals surface area contributed by atoms with Gasteiger partial charge in [-0.2, -0.15) is 0 Å². The zero-order valence-corrected chi connectivity index (χ0v) is 10.4. The Labute approximate surface area is 103 Å². The molecule has 1 N–H and O–H groups in total. The maximum atomic E-state index is 12.3. The number of halogens is 3. The molecule has 0 saturated heterocycles. The first-order chi connectivity index (χ1) is 8.18. The summed E-state index contributed by atoms with van der Waals surface area (Å²) < 4.78 is 41.1. The first-order valence-electron chi connectivity index (χ1n) is 5.55. The first kappa shape index (κ1) is 12.8. The summed E-state index contributed by atoms with van der Waals surface area (Å²) in [6.07, 6.45) is -2.71. The molecule has 1 aliphatic heterocycles. The summed E-state index contributed by atoms with van der Waals surface area (Å²) in [7, 11) is 0. The Morgan fingerprint density at radius 1 is 1.22 bits per heavy atom. The zero-order chi connectivity index (χ0) is 13.6. The van der Waals surface area contributed by atoms with Crippen LogP contribution in [0.5, 0.6) is 5.75 Å². The number of alkyl halides is 3. The second-order valence-corrected chi connectivity index (χ2v) is 4.90. The number of anilines is 1. The highest BCUT2D eigenvalue weighted by Crippen LogP contribution is 2.41. The third kappa shape index (κ3) is 2.60. The normalized spacial score (nSPS) is 17.6. The summed E-state index contributed by atoms with van der Waals surface area (Å²) in [5.41, 5.74) is 1.65. The largest absolute Gasteiger partial charge is 0.573 e. The van der Waals surface area contributed by atoms with Crippen LogP contribution in [0.2, 0.25) is 0 Å². The third-order valence-corrected chi connectivity index (χ3v) is 2.70. The predicted octanol–water partition coefficient (Wildman–Crippen LogP) is 4.19. The number of para-hydroxylation sites is 1. The fraction of sp³-hybridized carbons (Fsp3) is 0.385. The molecule has 0 aliphatic carbocycles. The van der Waals surface area contributed by atoms with Crippen LogP contribution in [0.15, 0.2) is 24.3 Å². The monoisotopic (exact) mass is 257 g/mol. The Morgan fingerprint density at radius 3 is 2.50 bits per heavy atom. The van der Waals surface area contributed by atoms with Crippen molar-refractivity contribution in [2.45, 2.75) is 32.7 Å². The van der Waals surface area contributed by atoms with Crippen LogP contribution in [0.3, 0.4) is 0 Å². The summed E-state index contributed by atoms with van der Waals surface area (Å²) >= 11 is 0. The lowest BCUT2D eigenvalue weighted by Gasteiger charge is -2.32. The molecule has 0 fully saturated rings. The van der Waals surface area contributed by atoms with Crippen molar-refractivity contribution < 1.29 is 17.9 Å². The van der Waals surface area contributed by atoms with Crippen molar-refractivity contribution in [3.05, 3.63) is 29.8 Å². The molecule has 0 saturated carbocycles. The minimum Gasteiger partial charge on any atom is -0.404 e. The SMILES string of the molecule is CC1=CC(C)(C)Nc2c(OC(F)(F)F)cccc21. The van der Waals surface area contributed by atoms with Gasteiger partial charge in [-0.25, -0.2) is 0 Å². The molecule has 5 heteroatoms. The second kappa shape index (κ2) is 3.93. The molecule has 1 aliphatic rings. The van der Waals surface area contributed by atoms with E-state index in [4.69, 9.17) is 0 Å². The highest BCUT2D eigenvalue weighted by Gasteiger charge is 2.34.